The maximum atomic E-state index is 11.1. The van der Waals surface area contributed by atoms with Gasteiger partial charge in [-0.05, 0) is 24.6 Å². The number of rotatable bonds is 5. The van der Waals surface area contributed by atoms with Crippen molar-refractivity contribution in [3.63, 3.8) is 0 Å². The minimum atomic E-state index is -1.18. The highest BCUT2D eigenvalue weighted by Gasteiger charge is 2.27. The van der Waals surface area contributed by atoms with Crippen molar-refractivity contribution in [2.24, 2.45) is 0 Å². The van der Waals surface area contributed by atoms with Crippen molar-refractivity contribution in [3.8, 4) is 0 Å². The highest BCUT2D eigenvalue weighted by Crippen LogP contribution is 2.18. The Bertz CT molecular complexity index is 425. The zero-order valence-corrected chi connectivity index (χ0v) is 10.2. The molecule has 1 atom stereocenters. The van der Waals surface area contributed by atoms with Crippen LogP contribution in [-0.4, -0.2) is 17.9 Å². The molecule has 1 unspecified atom stereocenters. The van der Waals surface area contributed by atoms with Crippen LogP contribution < -0.4 is 0 Å². The molecule has 0 aliphatic heterocycles. The molecule has 0 saturated carbocycles. The van der Waals surface area contributed by atoms with Crippen molar-refractivity contribution in [1.82, 2.24) is 0 Å². The van der Waals surface area contributed by atoms with E-state index in [0.717, 1.165) is 11.6 Å². The lowest BCUT2D eigenvalue weighted by molar-refractivity contribution is -0.155. The number of ether oxygens (including phenoxy) is 1. The maximum Gasteiger partial charge on any atom is 0.331 e. The van der Waals surface area contributed by atoms with E-state index in [2.05, 4.69) is 6.58 Å². The van der Waals surface area contributed by atoms with E-state index in [-0.39, 0.29) is 0 Å². The second-order valence-corrected chi connectivity index (χ2v) is 4.30. The van der Waals surface area contributed by atoms with Crippen LogP contribution in [0.4, 0.5) is 0 Å². The molecule has 4 heteroatoms. The van der Waals surface area contributed by atoms with E-state index < -0.39 is 11.6 Å². The standard InChI is InChI=1S/C13H13ClO3/c1-3-12(16)17-13(2,9-15)8-10-4-6-11(14)7-5-10/h3-7,9H,1,8H2,2H3. The van der Waals surface area contributed by atoms with Gasteiger partial charge >= 0.3 is 5.97 Å². The van der Waals surface area contributed by atoms with Crippen LogP contribution >= 0.6 is 11.6 Å². The van der Waals surface area contributed by atoms with Gasteiger partial charge in [0.2, 0.25) is 0 Å². The van der Waals surface area contributed by atoms with Gasteiger partial charge in [0.1, 0.15) is 0 Å². The lowest BCUT2D eigenvalue weighted by atomic mass is 9.98. The van der Waals surface area contributed by atoms with Crippen LogP contribution in [0.15, 0.2) is 36.9 Å². The Hall–Kier alpha value is -1.61. The summed E-state index contributed by atoms with van der Waals surface area (Å²) in [5, 5.41) is 0.615. The Labute approximate surface area is 105 Å². The largest absolute Gasteiger partial charge is 0.448 e. The number of esters is 1. The fourth-order valence-electron chi connectivity index (χ4n) is 1.38. The number of carbonyl (C=O) groups excluding carboxylic acids is 2. The molecule has 3 nitrogen and oxygen atoms in total. The lowest BCUT2D eigenvalue weighted by Gasteiger charge is -2.22. The van der Waals surface area contributed by atoms with Crippen LogP contribution in [0.25, 0.3) is 0 Å². The van der Waals surface area contributed by atoms with Gasteiger partial charge in [-0.2, -0.15) is 0 Å². The van der Waals surface area contributed by atoms with Crippen LogP contribution in [0.5, 0.6) is 0 Å². The van der Waals surface area contributed by atoms with Crippen molar-refractivity contribution in [2.75, 3.05) is 0 Å². The van der Waals surface area contributed by atoms with Gasteiger partial charge in [-0.25, -0.2) is 4.79 Å². The Kier molecular flexibility index (Phi) is 4.46. The topological polar surface area (TPSA) is 43.4 Å². The molecule has 0 spiro atoms. The van der Waals surface area contributed by atoms with E-state index in [4.69, 9.17) is 16.3 Å². The second-order valence-electron chi connectivity index (χ2n) is 3.86. The summed E-state index contributed by atoms with van der Waals surface area (Å²) in [4.78, 5) is 22.1. The maximum absolute atomic E-state index is 11.1. The fourth-order valence-corrected chi connectivity index (χ4v) is 1.51. The molecule has 0 N–H and O–H groups in total. The first-order valence-electron chi connectivity index (χ1n) is 5.05. The van der Waals surface area contributed by atoms with E-state index in [1.54, 1.807) is 31.2 Å². The van der Waals surface area contributed by atoms with Crippen molar-refractivity contribution in [2.45, 2.75) is 18.9 Å². The minimum Gasteiger partial charge on any atom is -0.448 e. The molecule has 17 heavy (non-hydrogen) atoms. The number of hydrogen-bond acceptors (Lipinski definition) is 3. The van der Waals surface area contributed by atoms with E-state index in [0.29, 0.717) is 17.7 Å². The molecule has 1 aromatic rings. The molecule has 0 aliphatic rings. The summed E-state index contributed by atoms with van der Waals surface area (Å²) >= 11 is 5.76. The van der Waals surface area contributed by atoms with Gasteiger partial charge < -0.3 is 4.74 Å². The van der Waals surface area contributed by atoms with Crippen molar-refractivity contribution >= 4 is 23.9 Å². The predicted molar refractivity (Wildman–Crippen MR) is 65.9 cm³/mol. The Morgan fingerprint density at radius 1 is 1.47 bits per heavy atom. The summed E-state index contributed by atoms with van der Waals surface area (Å²) in [7, 11) is 0. The Balaban J connectivity index is 2.81. The summed E-state index contributed by atoms with van der Waals surface area (Å²) in [6.07, 6.45) is 1.94. The molecule has 0 saturated heterocycles. The lowest BCUT2D eigenvalue weighted by Crippen LogP contribution is -2.35. The molecule has 1 aromatic carbocycles. The van der Waals surface area contributed by atoms with Crippen LogP contribution in [-0.2, 0) is 20.7 Å². The van der Waals surface area contributed by atoms with Crippen LogP contribution in [0.1, 0.15) is 12.5 Å². The average molecular weight is 253 g/mol. The third-order valence-corrected chi connectivity index (χ3v) is 2.47. The normalized spacial score (nSPS) is 13.5. The predicted octanol–water partition coefficient (Wildman–Crippen LogP) is 2.57. The number of benzene rings is 1. The molecule has 0 fully saturated rings. The quantitative estimate of drug-likeness (QED) is 0.460. The molecule has 0 radical (unpaired) electrons. The van der Waals surface area contributed by atoms with E-state index in [9.17, 15) is 9.59 Å². The molecule has 0 heterocycles. The van der Waals surface area contributed by atoms with Gasteiger partial charge in [-0.1, -0.05) is 30.3 Å². The first kappa shape index (κ1) is 13.5. The number of hydrogen-bond donors (Lipinski definition) is 0. The third-order valence-electron chi connectivity index (χ3n) is 2.22. The van der Waals surface area contributed by atoms with Gasteiger partial charge in [0, 0.05) is 17.5 Å². The summed E-state index contributed by atoms with van der Waals surface area (Å²) in [5.41, 5.74) is -0.320. The summed E-state index contributed by atoms with van der Waals surface area (Å²) in [6, 6.07) is 7.01. The average Bonchev–Trinajstić information content (AvgIpc) is 2.32. The summed E-state index contributed by atoms with van der Waals surface area (Å²) in [6.45, 7) is 4.84. The van der Waals surface area contributed by atoms with Gasteiger partial charge in [-0.15, -0.1) is 0 Å². The van der Waals surface area contributed by atoms with Crippen molar-refractivity contribution < 1.29 is 14.3 Å². The van der Waals surface area contributed by atoms with Gasteiger partial charge in [0.05, 0.1) is 0 Å². The molecule has 90 valence electrons. The van der Waals surface area contributed by atoms with Crippen LogP contribution in [0.3, 0.4) is 0 Å². The van der Waals surface area contributed by atoms with E-state index in [1.165, 1.54) is 0 Å². The highest BCUT2D eigenvalue weighted by molar-refractivity contribution is 6.30. The number of carbonyl (C=O) groups is 2. The first-order valence-corrected chi connectivity index (χ1v) is 5.43. The molecule has 1 rings (SSSR count). The van der Waals surface area contributed by atoms with Gasteiger partial charge in [0.15, 0.2) is 11.9 Å². The third kappa shape index (κ3) is 4.04. The van der Waals surface area contributed by atoms with Crippen molar-refractivity contribution in [1.29, 1.82) is 0 Å². The second kappa shape index (κ2) is 5.64. The Morgan fingerprint density at radius 2 is 2.06 bits per heavy atom. The first-order chi connectivity index (χ1) is 7.99. The minimum absolute atomic E-state index is 0.299. The summed E-state index contributed by atoms with van der Waals surface area (Å²) in [5.74, 6) is -0.617. The highest BCUT2D eigenvalue weighted by atomic mass is 35.5. The molecular formula is C13H13ClO3. The number of aldehydes is 1. The van der Waals surface area contributed by atoms with E-state index in [1.807, 2.05) is 0 Å². The van der Waals surface area contributed by atoms with Crippen LogP contribution in [0.2, 0.25) is 5.02 Å². The molecule has 0 amide bonds. The number of halogens is 1. The zero-order valence-electron chi connectivity index (χ0n) is 9.48. The van der Waals surface area contributed by atoms with E-state index >= 15 is 0 Å². The molecule has 0 aliphatic carbocycles. The van der Waals surface area contributed by atoms with Crippen molar-refractivity contribution in [3.05, 3.63) is 47.5 Å². The molecule has 0 aromatic heterocycles. The Morgan fingerprint density at radius 3 is 2.53 bits per heavy atom. The monoisotopic (exact) mass is 252 g/mol. The zero-order chi connectivity index (χ0) is 12.9. The smallest absolute Gasteiger partial charge is 0.331 e. The molecule has 0 bridgehead atoms. The molecular weight excluding hydrogens is 240 g/mol. The van der Waals surface area contributed by atoms with Gasteiger partial charge in [0.25, 0.3) is 0 Å². The van der Waals surface area contributed by atoms with Crippen LogP contribution in [0, 0.1) is 0 Å². The SMILES string of the molecule is C=CC(=O)OC(C)(C=O)Cc1ccc(Cl)cc1. The summed E-state index contributed by atoms with van der Waals surface area (Å²) < 4.78 is 5.01. The van der Waals surface area contributed by atoms with Gasteiger partial charge in [-0.3, -0.25) is 4.79 Å². The fraction of sp³-hybridized carbons (Fsp3) is 0.231.